The number of ether oxygens (including phenoxy) is 1. The topological polar surface area (TPSA) is 177 Å². The van der Waals surface area contributed by atoms with E-state index in [9.17, 15) is 29.1 Å². The van der Waals surface area contributed by atoms with Crippen LogP contribution in [0.2, 0.25) is 0 Å². The standard InChI is InChI=1S/C30H27N5O8S3/c1-44-13-19-14-45-28-23(27(39)35(28)24(19)29(40)41)33-26(38)22(20-15-46-30(32-20)31-16-36)34-42-12-21(37)43-25(17-8-4-2-5-9-17)18-10-6-3-7-11-18/h2-11,15-16,23,25,28H,12-14H2,1H3,(H,33,38)(H,40,41)(H,31,32,36)/t23?,28-/m0/s1. The molecule has 3 N–H and O–H groups in total. The fourth-order valence-electron chi connectivity index (χ4n) is 4.78. The Morgan fingerprint density at radius 2 is 1.83 bits per heavy atom. The first-order valence-electron chi connectivity index (χ1n) is 13.7. The lowest BCUT2D eigenvalue weighted by Gasteiger charge is -2.49. The highest BCUT2D eigenvalue weighted by atomic mass is 32.2. The average Bonchev–Trinajstić information content (AvgIpc) is 3.53. The van der Waals surface area contributed by atoms with Crippen LogP contribution in [0.3, 0.4) is 0 Å². The summed E-state index contributed by atoms with van der Waals surface area (Å²) in [7, 11) is 0. The number of carbonyl (C=O) groups is 5. The van der Waals surface area contributed by atoms with Crippen molar-refractivity contribution in [1.82, 2.24) is 15.2 Å². The number of thiazole rings is 1. The summed E-state index contributed by atoms with van der Waals surface area (Å²) in [6.45, 7) is -0.657. The van der Waals surface area contributed by atoms with Crippen molar-refractivity contribution in [2.75, 3.05) is 29.7 Å². The number of benzene rings is 2. The smallest absolute Gasteiger partial charge is 0.352 e. The maximum Gasteiger partial charge on any atom is 0.352 e. The van der Waals surface area contributed by atoms with Crippen LogP contribution in [0.5, 0.6) is 0 Å². The van der Waals surface area contributed by atoms with Crippen LogP contribution >= 0.6 is 34.9 Å². The molecule has 238 valence electrons. The number of carbonyl (C=O) groups excluding carboxylic acids is 4. The van der Waals surface area contributed by atoms with Crippen molar-refractivity contribution in [3.63, 3.8) is 0 Å². The Morgan fingerprint density at radius 3 is 2.43 bits per heavy atom. The van der Waals surface area contributed by atoms with Crippen LogP contribution in [-0.2, 0) is 33.5 Å². The lowest BCUT2D eigenvalue weighted by molar-refractivity contribution is -0.153. The van der Waals surface area contributed by atoms with Crippen molar-refractivity contribution < 1.29 is 38.7 Å². The number of β-lactam (4-membered cyclic amide) rings is 1. The van der Waals surface area contributed by atoms with Crippen LogP contribution in [0.15, 0.2) is 82.5 Å². The maximum absolute atomic E-state index is 13.5. The molecule has 0 aliphatic carbocycles. The van der Waals surface area contributed by atoms with Crippen molar-refractivity contribution in [3.05, 3.63) is 94.1 Å². The van der Waals surface area contributed by atoms with Crippen molar-refractivity contribution in [2.45, 2.75) is 17.5 Å². The van der Waals surface area contributed by atoms with Gasteiger partial charge >= 0.3 is 11.9 Å². The molecule has 2 aliphatic rings. The number of anilines is 1. The van der Waals surface area contributed by atoms with E-state index in [0.29, 0.717) is 23.5 Å². The normalized spacial score (nSPS) is 17.6. The van der Waals surface area contributed by atoms with E-state index in [1.807, 2.05) is 66.9 Å². The molecule has 16 heteroatoms. The van der Waals surface area contributed by atoms with Crippen molar-refractivity contribution >= 4 is 75.9 Å². The second-order valence-electron chi connectivity index (χ2n) is 9.76. The first kappa shape index (κ1) is 32.7. The molecule has 2 aliphatic heterocycles. The molecule has 0 radical (unpaired) electrons. The van der Waals surface area contributed by atoms with Crippen LogP contribution in [-0.4, -0.2) is 86.6 Å². The van der Waals surface area contributed by atoms with Crippen molar-refractivity contribution in [3.8, 4) is 0 Å². The van der Waals surface area contributed by atoms with Gasteiger partial charge in [-0.2, -0.15) is 11.8 Å². The SMILES string of the molecule is CSCC1=C(C(=O)O)N2C(=O)C(NC(=O)C(=NOCC(=O)OC(c3ccccc3)c3ccccc3)c3csc(NC=O)n3)[C@@H]2SC1. The third-order valence-corrected chi connectivity index (χ3v) is 9.54. The van der Waals surface area contributed by atoms with Gasteiger partial charge in [-0.15, -0.1) is 23.1 Å². The minimum Gasteiger partial charge on any atom is -0.477 e. The summed E-state index contributed by atoms with van der Waals surface area (Å²) in [5.74, 6) is -2.57. The van der Waals surface area contributed by atoms with Crippen LogP contribution in [0.25, 0.3) is 0 Å². The number of aliphatic carboxylic acids is 1. The van der Waals surface area contributed by atoms with E-state index in [2.05, 4.69) is 20.8 Å². The van der Waals surface area contributed by atoms with E-state index in [1.165, 1.54) is 33.8 Å². The Balaban J connectivity index is 1.31. The summed E-state index contributed by atoms with van der Waals surface area (Å²) in [5, 5.41) is 19.6. The molecule has 0 spiro atoms. The fraction of sp³-hybridized carbons (Fsp3) is 0.233. The van der Waals surface area contributed by atoms with Gasteiger partial charge in [-0.25, -0.2) is 14.6 Å². The monoisotopic (exact) mass is 681 g/mol. The molecule has 0 bridgehead atoms. The third kappa shape index (κ3) is 7.24. The van der Waals surface area contributed by atoms with Crippen molar-refractivity contribution in [2.24, 2.45) is 5.16 Å². The lowest BCUT2D eigenvalue weighted by Crippen LogP contribution is -2.71. The second-order valence-corrected chi connectivity index (χ2v) is 12.6. The number of rotatable bonds is 14. The van der Waals surface area contributed by atoms with E-state index in [-0.39, 0.29) is 22.2 Å². The number of thioether (sulfide) groups is 2. The van der Waals surface area contributed by atoms with Gasteiger partial charge in [0.1, 0.15) is 22.8 Å². The lowest BCUT2D eigenvalue weighted by atomic mass is 10.0. The van der Waals surface area contributed by atoms with Crippen molar-refractivity contribution in [1.29, 1.82) is 0 Å². The summed E-state index contributed by atoms with van der Waals surface area (Å²) in [6.07, 6.45) is 1.54. The van der Waals surface area contributed by atoms with Gasteiger partial charge in [0.05, 0.1) is 0 Å². The molecule has 0 saturated carbocycles. The molecule has 1 fully saturated rings. The van der Waals surface area contributed by atoms with Gasteiger partial charge in [0.15, 0.2) is 16.9 Å². The molecule has 2 aromatic carbocycles. The third-order valence-electron chi connectivity index (χ3n) is 6.79. The predicted molar refractivity (Wildman–Crippen MR) is 173 cm³/mol. The number of aromatic nitrogens is 1. The Labute approximate surface area is 275 Å². The largest absolute Gasteiger partial charge is 0.477 e. The summed E-state index contributed by atoms with van der Waals surface area (Å²) >= 11 is 3.80. The molecule has 13 nitrogen and oxygen atoms in total. The number of oxime groups is 1. The second kappa shape index (κ2) is 15.1. The number of carboxylic acid groups (broad SMARTS) is 1. The number of amides is 3. The zero-order chi connectivity index (χ0) is 32.6. The first-order chi connectivity index (χ1) is 22.3. The van der Waals surface area contributed by atoms with Crippen LogP contribution < -0.4 is 10.6 Å². The molecular formula is C30H27N5O8S3. The van der Waals surface area contributed by atoms with E-state index in [0.717, 1.165) is 22.5 Å². The molecule has 1 aromatic heterocycles. The zero-order valence-electron chi connectivity index (χ0n) is 24.2. The number of fused-ring (bicyclic) bond motifs is 1. The number of esters is 1. The molecule has 5 rings (SSSR count). The van der Waals surface area contributed by atoms with Gasteiger partial charge in [-0.05, 0) is 23.0 Å². The number of nitrogens with one attached hydrogen (secondary N) is 2. The van der Waals surface area contributed by atoms with Crippen LogP contribution in [0.1, 0.15) is 22.9 Å². The molecule has 3 heterocycles. The minimum atomic E-state index is -1.21. The van der Waals surface area contributed by atoms with Gasteiger partial charge in [0.25, 0.3) is 11.8 Å². The van der Waals surface area contributed by atoms with Gasteiger partial charge < -0.3 is 25.3 Å². The van der Waals surface area contributed by atoms with Gasteiger partial charge in [0, 0.05) is 16.9 Å². The molecule has 3 aromatic rings. The quantitative estimate of drug-likeness (QED) is 0.0750. The summed E-state index contributed by atoms with van der Waals surface area (Å²) in [5.41, 5.74) is 1.68. The summed E-state index contributed by atoms with van der Waals surface area (Å²) in [4.78, 5) is 72.9. The Morgan fingerprint density at radius 1 is 1.15 bits per heavy atom. The molecule has 46 heavy (non-hydrogen) atoms. The number of nitrogens with zero attached hydrogens (tertiary/aromatic N) is 3. The van der Waals surface area contributed by atoms with E-state index in [4.69, 9.17) is 9.57 Å². The molecule has 3 amide bonds. The van der Waals surface area contributed by atoms with E-state index < -0.39 is 47.9 Å². The van der Waals surface area contributed by atoms with Gasteiger partial charge in [0.2, 0.25) is 13.0 Å². The highest BCUT2D eigenvalue weighted by Crippen LogP contribution is 2.41. The Bertz CT molecular complexity index is 1640. The molecule has 2 atom stereocenters. The highest BCUT2D eigenvalue weighted by Gasteiger charge is 2.54. The van der Waals surface area contributed by atoms with E-state index >= 15 is 0 Å². The Hall–Kier alpha value is -4.67. The molecule has 1 saturated heterocycles. The minimum absolute atomic E-state index is 0.0139. The fourth-order valence-corrected chi connectivity index (χ4v) is 7.50. The first-order valence-corrected chi connectivity index (χ1v) is 17.0. The van der Waals surface area contributed by atoms with Crippen LogP contribution in [0, 0.1) is 0 Å². The summed E-state index contributed by atoms with van der Waals surface area (Å²) < 4.78 is 5.72. The van der Waals surface area contributed by atoms with Gasteiger partial charge in [-0.3, -0.25) is 19.3 Å². The highest BCUT2D eigenvalue weighted by molar-refractivity contribution is 8.00. The maximum atomic E-state index is 13.5. The Kier molecular flexibility index (Phi) is 10.7. The number of hydrogen-bond acceptors (Lipinski definition) is 12. The number of carboxylic acids is 1. The molecular weight excluding hydrogens is 655 g/mol. The van der Waals surface area contributed by atoms with Gasteiger partial charge in [-0.1, -0.05) is 65.8 Å². The average molecular weight is 682 g/mol. The number of hydrogen-bond donors (Lipinski definition) is 3. The summed E-state index contributed by atoms with van der Waals surface area (Å²) in [6, 6.07) is 17.3. The van der Waals surface area contributed by atoms with E-state index in [1.54, 1.807) is 0 Å². The predicted octanol–water partition coefficient (Wildman–Crippen LogP) is 2.87. The van der Waals surface area contributed by atoms with Crippen LogP contribution in [0.4, 0.5) is 5.13 Å². The molecule has 1 unspecified atom stereocenters. The zero-order valence-corrected chi connectivity index (χ0v) is 26.6.